The van der Waals surface area contributed by atoms with Gasteiger partial charge < -0.3 is 10.2 Å². The van der Waals surface area contributed by atoms with Gasteiger partial charge in [-0.2, -0.15) is 0 Å². The maximum atomic E-state index is 9.32. The third-order valence-electron chi connectivity index (χ3n) is 0.114. The maximum Gasteiger partial charge on any atom is 0.314 e. The van der Waals surface area contributed by atoms with E-state index in [9.17, 15) is 4.79 Å². The summed E-state index contributed by atoms with van der Waals surface area (Å²) < 4.78 is 0. The highest BCUT2D eigenvalue weighted by Gasteiger charge is 1.97. The molecule has 0 aromatic carbocycles. The lowest BCUT2D eigenvalue weighted by atomic mass is 10.2. The van der Waals surface area contributed by atoms with Crippen LogP contribution in [0.3, 0.4) is 0 Å². The molecule has 0 atom stereocenters. The summed E-state index contributed by atoms with van der Waals surface area (Å²) >= 11 is 2.71. The predicted molar refractivity (Wildman–Crippen MR) is 43.4 cm³/mol. The van der Waals surface area contributed by atoms with Crippen LogP contribution >= 0.6 is 15.9 Å². The van der Waals surface area contributed by atoms with Gasteiger partial charge in [-0.25, -0.2) is 0 Å². The molecule has 0 saturated carbocycles. The number of aliphatic hydroxyl groups is 1. The van der Waals surface area contributed by atoms with Crippen LogP contribution in [0.2, 0.25) is 0 Å². The zero-order valence-corrected chi connectivity index (χ0v) is 7.97. The minimum atomic E-state index is -0.829. The highest BCUT2D eigenvalue weighted by molar-refractivity contribution is 9.09. The molecule has 0 aliphatic carbocycles. The average Bonchev–Trinajstić information content (AvgIpc) is 1.61. The van der Waals surface area contributed by atoms with Gasteiger partial charge in [-0.15, -0.1) is 0 Å². The first-order valence-electron chi connectivity index (χ1n) is 2.77. The van der Waals surface area contributed by atoms with Gasteiger partial charge >= 0.3 is 5.97 Å². The van der Waals surface area contributed by atoms with E-state index in [1.165, 1.54) is 0 Å². The number of aliphatic carboxylic acids is 1. The molecule has 0 saturated heterocycles. The summed E-state index contributed by atoms with van der Waals surface area (Å²) in [6.07, 6.45) is 0. The van der Waals surface area contributed by atoms with E-state index < -0.39 is 11.6 Å². The highest BCUT2D eigenvalue weighted by Crippen LogP contribution is 1.93. The second kappa shape index (κ2) is 5.68. The molecule has 0 aliphatic heterocycles. The fraction of sp³-hybridized carbons (Fsp3) is 0.833. The highest BCUT2D eigenvalue weighted by atomic mass is 79.9. The van der Waals surface area contributed by atoms with Crippen molar-refractivity contribution in [2.24, 2.45) is 0 Å². The molecule has 4 heteroatoms. The van der Waals surface area contributed by atoms with Crippen molar-refractivity contribution < 1.29 is 15.0 Å². The zero-order valence-electron chi connectivity index (χ0n) is 6.39. The third kappa shape index (κ3) is 104. The van der Waals surface area contributed by atoms with Crippen LogP contribution in [0.25, 0.3) is 0 Å². The van der Waals surface area contributed by atoms with Crippen LogP contribution < -0.4 is 0 Å². The van der Waals surface area contributed by atoms with E-state index in [0.29, 0.717) is 0 Å². The van der Waals surface area contributed by atoms with Crippen molar-refractivity contribution in [2.75, 3.05) is 5.33 Å². The third-order valence-corrected chi connectivity index (χ3v) is 0.594. The lowest BCUT2D eigenvalue weighted by molar-refractivity contribution is -0.133. The van der Waals surface area contributed by atoms with Crippen molar-refractivity contribution in [3.8, 4) is 0 Å². The molecule has 0 unspecified atom stereocenters. The van der Waals surface area contributed by atoms with Crippen molar-refractivity contribution in [3.05, 3.63) is 0 Å². The number of halogens is 1. The van der Waals surface area contributed by atoms with Gasteiger partial charge in [-0.05, 0) is 20.8 Å². The van der Waals surface area contributed by atoms with Crippen LogP contribution in [0.4, 0.5) is 0 Å². The van der Waals surface area contributed by atoms with E-state index in [1.807, 2.05) is 0 Å². The summed E-state index contributed by atoms with van der Waals surface area (Å²) in [5.74, 6) is -0.829. The Morgan fingerprint density at radius 2 is 1.60 bits per heavy atom. The first kappa shape index (κ1) is 12.6. The fourth-order valence-corrected chi connectivity index (χ4v) is 0. The van der Waals surface area contributed by atoms with Gasteiger partial charge in [0.25, 0.3) is 0 Å². The summed E-state index contributed by atoms with van der Waals surface area (Å²) in [6.45, 7) is 5.23. The molecule has 10 heavy (non-hydrogen) atoms. The Balaban J connectivity index is 0. The van der Waals surface area contributed by atoms with Crippen LogP contribution in [0, 0.1) is 0 Å². The smallest absolute Gasteiger partial charge is 0.314 e. The fourth-order valence-electron chi connectivity index (χ4n) is 0. The molecular formula is C6H13BrO3. The largest absolute Gasteiger partial charge is 0.481 e. The Bertz CT molecular complexity index is 89.7. The van der Waals surface area contributed by atoms with Crippen LogP contribution in [0.15, 0.2) is 0 Å². The predicted octanol–water partition coefficient (Wildman–Crippen LogP) is 1.24. The van der Waals surface area contributed by atoms with Crippen molar-refractivity contribution in [1.82, 2.24) is 0 Å². The van der Waals surface area contributed by atoms with Gasteiger partial charge in [0.1, 0.15) is 5.33 Å². The molecule has 0 radical (unpaired) electrons. The first-order valence-corrected chi connectivity index (χ1v) is 3.89. The standard InChI is InChI=1S/C4H10O.C2H3BrO2/c1-4(2,3)5;3-1-2(4)5/h5H,1-3H3;1H2,(H,4,5). The number of hydrogen-bond acceptors (Lipinski definition) is 2. The molecule has 0 spiro atoms. The normalized spacial score (nSPS) is 9.70. The summed E-state index contributed by atoms with van der Waals surface area (Å²) in [6, 6.07) is 0. The Morgan fingerprint density at radius 3 is 1.60 bits per heavy atom. The van der Waals surface area contributed by atoms with Crippen molar-refractivity contribution in [1.29, 1.82) is 0 Å². The zero-order chi connectivity index (χ0) is 8.78. The van der Waals surface area contributed by atoms with Gasteiger partial charge in [0.15, 0.2) is 0 Å². The van der Waals surface area contributed by atoms with Crippen LogP contribution in [-0.2, 0) is 4.79 Å². The molecular weight excluding hydrogens is 200 g/mol. The number of carbonyl (C=O) groups is 1. The molecule has 0 aliphatic rings. The molecule has 0 aromatic rings. The van der Waals surface area contributed by atoms with Crippen LogP contribution in [-0.4, -0.2) is 27.1 Å². The second-order valence-corrected chi connectivity index (χ2v) is 3.26. The minimum Gasteiger partial charge on any atom is -0.481 e. The van der Waals surface area contributed by atoms with E-state index in [4.69, 9.17) is 10.2 Å². The SMILES string of the molecule is CC(C)(C)O.O=C(O)CBr. The monoisotopic (exact) mass is 212 g/mol. The topological polar surface area (TPSA) is 57.5 Å². The Kier molecular flexibility index (Phi) is 7.14. The van der Waals surface area contributed by atoms with E-state index in [-0.39, 0.29) is 5.33 Å². The molecule has 2 N–H and O–H groups in total. The van der Waals surface area contributed by atoms with E-state index in [2.05, 4.69) is 15.9 Å². The molecule has 0 bridgehead atoms. The molecule has 3 nitrogen and oxygen atoms in total. The van der Waals surface area contributed by atoms with E-state index in [1.54, 1.807) is 20.8 Å². The molecule has 62 valence electrons. The lowest BCUT2D eigenvalue weighted by Gasteiger charge is -2.04. The second-order valence-electron chi connectivity index (χ2n) is 2.70. The number of carboxylic acids is 1. The van der Waals surface area contributed by atoms with Crippen molar-refractivity contribution >= 4 is 21.9 Å². The number of rotatable bonds is 1. The number of carboxylic acid groups (broad SMARTS) is 1. The molecule has 0 amide bonds. The summed E-state index contributed by atoms with van der Waals surface area (Å²) in [7, 11) is 0. The Hall–Kier alpha value is -0.0900. The maximum absolute atomic E-state index is 9.32. The van der Waals surface area contributed by atoms with Crippen LogP contribution in [0.5, 0.6) is 0 Å². The first-order chi connectivity index (χ1) is 4.27. The van der Waals surface area contributed by atoms with Crippen molar-refractivity contribution in [2.45, 2.75) is 26.4 Å². The van der Waals surface area contributed by atoms with Gasteiger partial charge in [0, 0.05) is 0 Å². The van der Waals surface area contributed by atoms with E-state index >= 15 is 0 Å². The Labute approximate surface area is 69.2 Å². The molecule has 0 heterocycles. The number of hydrogen-bond donors (Lipinski definition) is 2. The van der Waals surface area contributed by atoms with Crippen molar-refractivity contribution in [3.63, 3.8) is 0 Å². The average molecular weight is 213 g/mol. The lowest BCUT2D eigenvalue weighted by Crippen LogP contribution is -2.10. The minimum absolute atomic E-state index is 0.0347. The van der Waals surface area contributed by atoms with Gasteiger partial charge in [0.2, 0.25) is 0 Å². The molecule has 0 rings (SSSR count). The summed E-state index contributed by atoms with van der Waals surface area (Å²) in [5.41, 5.74) is -0.500. The van der Waals surface area contributed by atoms with Gasteiger partial charge in [-0.3, -0.25) is 4.79 Å². The quantitative estimate of drug-likeness (QED) is 0.644. The summed E-state index contributed by atoms with van der Waals surface area (Å²) in [5, 5.41) is 16.2. The van der Waals surface area contributed by atoms with Gasteiger partial charge in [0.05, 0.1) is 5.60 Å². The molecule has 0 fully saturated rings. The number of alkyl halides is 1. The van der Waals surface area contributed by atoms with Gasteiger partial charge in [-0.1, -0.05) is 15.9 Å². The molecule has 0 aromatic heterocycles. The van der Waals surface area contributed by atoms with Crippen LogP contribution in [0.1, 0.15) is 20.8 Å². The summed E-state index contributed by atoms with van der Waals surface area (Å²) in [4.78, 5) is 9.32. The Morgan fingerprint density at radius 1 is 1.50 bits per heavy atom. The van der Waals surface area contributed by atoms with E-state index in [0.717, 1.165) is 0 Å².